The molecular formula is C14H21NO2. The van der Waals surface area contributed by atoms with Gasteiger partial charge in [-0.25, -0.2) is 0 Å². The normalized spacial score (nSPS) is 24.6. The maximum Gasteiger partial charge on any atom is 0.289 e. The van der Waals surface area contributed by atoms with Gasteiger partial charge in [-0.15, -0.1) is 0 Å². The van der Waals surface area contributed by atoms with E-state index in [-0.39, 0.29) is 5.91 Å². The van der Waals surface area contributed by atoms with E-state index in [1.807, 2.05) is 11.9 Å². The first-order valence-electron chi connectivity index (χ1n) is 6.53. The van der Waals surface area contributed by atoms with Gasteiger partial charge in [0.2, 0.25) is 0 Å². The zero-order valence-electron chi connectivity index (χ0n) is 10.7. The SMILES string of the molecule is CCC1CCC(N(C)C(=O)c2ccco2)CC1. The lowest BCUT2D eigenvalue weighted by atomic mass is 9.84. The Hall–Kier alpha value is -1.25. The number of hydrogen-bond donors (Lipinski definition) is 0. The average Bonchev–Trinajstić information content (AvgIpc) is 2.91. The predicted octanol–water partition coefficient (Wildman–Crippen LogP) is 3.32. The van der Waals surface area contributed by atoms with Crippen molar-refractivity contribution in [2.75, 3.05) is 7.05 Å². The van der Waals surface area contributed by atoms with Crippen molar-refractivity contribution in [2.24, 2.45) is 5.92 Å². The molecular weight excluding hydrogens is 214 g/mol. The van der Waals surface area contributed by atoms with Gasteiger partial charge in [0.1, 0.15) is 0 Å². The molecule has 1 aliphatic carbocycles. The van der Waals surface area contributed by atoms with E-state index >= 15 is 0 Å². The minimum atomic E-state index is 0.00921. The summed E-state index contributed by atoms with van der Waals surface area (Å²) in [7, 11) is 1.89. The summed E-state index contributed by atoms with van der Waals surface area (Å²) in [6.07, 6.45) is 7.56. The molecule has 0 N–H and O–H groups in total. The highest BCUT2D eigenvalue weighted by atomic mass is 16.3. The van der Waals surface area contributed by atoms with Crippen LogP contribution in [0.1, 0.15) is 49.6 Å². The summed E-state index contributed by atoms with van der Waals surface area (Å²) in [5.41, 5.74) is 0. The second-order valence-electron chi connectivity index (χ2n) is 4.98. The van der Waals surface area contributed by atoms with Crippen LogP contribution in [0, 0.1) is 5.92 Å². The Morgan fingerprint density at radius 1 is 1.41 bits per heavy atom. The molecule has 0 unspecified atom stereocenters. The minimum Gasteiger partial charge on any atom is -0.459 e. The second-order valence-corrected chi connectivity index (χ2v) is 4.98. The first-order chi connectivity index (χ1) is 8.22. The highest BCUT2D eigenvalue weighted by Crippen LogP contribution is 2.29. The Balaban J connectivity index is 1.92. The van der Waals surface area contributed by atoms with E-state index in [0.29, 0.717) is 11.8 Å². The summed E-state index contributed by atoms with van der Waals surface area (Å²) in [5, 5.41) is 0. The van der Waals surface area contributed by atoms with E-state index in [4.69, 9.17) is 4.42 Å². The predicted molar refractivity (Wildman–Crippen MR) is 66.8 cm³/mol. The molecule has 1 aliphatic rings. The van der Waals surface area contributed by atoms with Crippen molar-refractivity contribution in [3.8, 4) is 0 Å². The quantitative estimate of drug-likeness (QED) is 0.805. The van der Waals surface area contributed by atoms with Gasteiger partial charge in [-0.3, -0.25) is 4.79 Å². The molecule has 1 saturated carbocycles. The van der Waals surface area contributed by atoms with Crippen molar-refractivity contribution in [2.45, 2.75) is 45.1 Å². The third-order valence-corrected chi connectivity index (χ3v) is 3.99. The molecule has 1 fully saturated rings. The molecule has 3 heteroatoms. The molecule has 0 aromatic carbocycles. The molecule has 1 aromatic rings. The molecule has 3 nitrogen and oxygen atoms in total. The highest BCUT2D eigenvalue weighted by Gasteiger charge is 2.27. The third kappa shape index (κ3) is 2.71. The molecule has 0 spiro atoms. The van der Waals surface area contributed by atoms with Gasteiger partial charge in [-0.05, 0) is 43.7 Å². The highest BCUT2D eigenvalue weighted by molar-refractivity contribution is 5.91. The van der Waals surface area contributed by atoms with Crippen molar-refractivity contribution in [1.82, 2.24) is 4.90 Å². The first kappa shape index (κ1) is 12.2. The summed E-state index contributed by atoms with van der Waals surface area (Å²) in [6.45, 7) is 2.25. The van der Waals surface area contributed by atoms with Crippen LogP contribution in [-0.4, -0.2) is 23.9 Å². The standard InChI is InChI=1S/C14H21NO2/c1-3-11-6-8-12(9-7-11)15(2)14(16)13-5-4-10-17-13/h4-5,10-12H,3,6-9H2,1-2H3. The number of hydrogen-bond acceptors (Lipinski definition) is 2. The lowest BCUT2D eigenvalue weighted by Gasteiger charge is -2.34. The fraction of sp³-hybridized carbons (Fsp3) is 0.643. The van der Waals surface area contributed by atoms with E-state index in [2.05, 4.69) is 6.92 Å². The monoisotopic (exact) mass is 235 g/mol. The molecule has 0 aliphatic heterocycles. The third-order valence-electron chi connectivity index (χ3n) is 3.99. The number of nitrogens with zero attached hydrogens (tertiary/aromatic N) is 1. The summed E-state index contributed by atoms with van der Waals surface area (Å²) >= 11 is 0. The lowest BCUT2D eigenvalue weighted by molar-refractivity contribution is 0.0643. The van der Waals surface area contributed by atoms with Crippen molar-refractivity contribution < 1.29 is 9.21 Å². The zero-order chi connectivity index (χ0) is 12.3. The van der Waals surface area contributed by atoms with Crippen LogP contribution in [0.15, 0.2) is 22.8 Å². The smallest absolute Gasteiger partial charge is 0.289 e. The fourth-order valence-corrected chi connectivity index (χ4v) is 2.68. The summed E-state index contributed by atoms with van der Waals surface area (Å²) < 4.78 is 5.16. The topological polar surface area (TPSA) is 33.5 Å². The number of carbonyl (C=O) groups is 1. The Kier molecular flexibility index (Phi) is 3.87. The van der Waals surface area contributed by atoms with E-state index in [1.54, 1.807) is 18.4 Å². The summed E-state index contributed by atoms with van der Waals surface area (Å²) in [5.74, 6) is 1.32. The van der Waals surface area contributed by atoms with Gasteiger partial charge in [0.25, 0.3) is 5.91 Å². The van der Waals surface area contributed by atoms with Crippen LogP contribution >= 0.6 is 0 Å². The molecule has 0 atom stereocenters. The molecule has 17 heavy (non-hydrogen) atoms. The van der Waals surface area contributed by atoms with Crippen LogP contribution in [0.2, 0.25) is 0 Å². The Morgan fingerprint density at radius 2 is 2.12 bits per heavy atom. The zero-order valence-corrected chi connectivity index (χ0v) is 10.7. The van der Waals surface area contributed by atoms with Gasteiger partial charge in [-0.2, -0.15) is 0 Å². The molecule has 0 bridgehead atoms. The molecule has 94 valence electrons. The molecule has 0 radical (unpaired) electrons. The number of amides is 1. The Bertz CT molecular complexity index is 350. The molecule has 1 amide bonds. The van der Waals surface area contributed by atoms with E-state index in [9.17, 15) is 4.79 Å². The maximum absolute atomic E-state index is 12.1. The van der Waals surface area contributed by atoms with Crippen LogP contribution in [0.4, 0.5) is 0 Å². The molecule has 1 heterocycles. The molecule has 2 rings (SSSR count). The fourth-order valence-electron chi connectivity index (χ4n) is 2.68. The van der Waals surface area contributed by atoms with Crippen LogP contribution in [0.5, 0.6) is 0 Å². The van der Waals surface area contributed by atoms with Crippen molar-refractivity contribution in [3.63, 3.8) is 0 Å². The first-order valence-corrected chi connectivity index (χ1v) is 6.53. The van der Waals surface area contributed by atoms with Crippen LogP contribution in [0.25, 0.3) is 0 Å². The largest absolute Gasteiger partial charge is 0.459 e. The second kappa shape index (κ2) is 5.39. The summed E-state index contributed by atoms with van der Waals surface area (Å²) in [4.78, 5) is 13.9. The van der Waals surface area contributed by atoms with Crippen LogP contribution in [-0.2, 0) is 0 Å². The Morgan fingerprint density at radius 3 is 2.65 bits per heavy atom. The van der Waals surface area contributed by atoms with Gasteiger partial charge in [-0.1, -0.05) is 13.3 Å². The average molecular weight is 235 g/mol. The van der Waals surface area contributed by atoms with Crippen molar-refractivity contribution in [1.29, 1.82) is 0 Å². The van der Waals surface area contributed by atoms with Gasteiger partial charge in [0.15, 0.2) is 5.76 Å². The number of rotatable bonds is 3. The maximum atomic E-state index is 12.1. The molecule has 1 aromatic heterocycles. The van der Waals surface area contributed by atoms with Crippen molar-refractivity contribution in [3.05, 3.63) is 24.2 Å². The van der Waals surface area contributed by atoms with E-state index in [1.165, 1.54) is 19.3 Å². The van der Waals surface area contributed by atoms with Gasteiger partial charge in [0, 0.05) is 13.1 Å². The van der Waals surface area contributed by atoms with E-state index < -0.39 is 0 Å². The summed E-state index contributed by atoms with van der Waals surface area (Å²) in [6, 6.07) is 3.88. The molecule has 0 saturated heterocycles. The Labute approximate surface area is 103 Å². The number of carbonyl (C=O) groups excluding carboxylic acids is 1. The number of furan rings is 1. The van der Waals surface area contributed by atoms with Crippen LogP contribution in [0.3, 0.4) is 0 Å². The lowest BCUT2D eigenvalue weighted by Crippen LogP contribution is -2.39. The van der Waals surface area contributed by atoms with Crippen molar-refractivity contribution >= 4 is 5.91 Å². The van der Waals surface area contributed by atoms with Crippen LogP contribution < -0.4 is 0 Å². The van der Waals surface area contributed by atoms with Gasteiger partial charge >= 0.3 is 0 Å². The van der Waals surface area contributed by atoms with E-state index in [0.717, 1.165) is 18.8 Å². The minimum absolute atomic E-state index is 0.00921. The van der Waals surface area contributed by atoms with Gasteiger partial charge in [0.05, 0.1) is 6.26 Å². The van der Waals surface area contributed by atoms with Gasteiger partial charge < -0.3 is 9.32 Å².